The molecule has 0 aromatic carbocycles. The van der Waals surface area contributed by atoms with Gasteiger partial charge in [0.2, 0.25) is 6.29 Å². The van der Waals surface area contributed by atoms with Crippen molar-refractivity contribution in [1.29, 1.82) is 0 Å². The first kappa shape index (κ1) is 13.4. The lowest BCUT2D eigenvalue weighted by molar-refractivity contribution is -0.228. The molecule has 0 aromatic heterocycles. The zero-order valence-corrected chi connectivity index (χ0v) is 9.41. The van der Waals surface area contributed by atoms with Crippen LogP contribution in [0, 0.1) is 0 Å². The molecule has 2 unspecified atom stereocenters. The van der Waals surface area contributed by atoms with Gasteiger partial charge in [-0.1, -0.05) is 13.3 Å². The molecule has 0 saturated heterocycles. The maximum Gasteiger partial charge on any atom is 0.304 e. The molecule has 2 atom stereocenters. The highest BCUT2D eigenvalue weighted by Crippen LogP contribution is 2.02. The fraction of sp³-hybridized carbons (Fsp3) is 0.900. The summed E-state index contributed by atoms with van der Waals surface area (Å²) < 4.78 is 15.3. The van der Waals surface area contributed by atoms with Crippen molar-refractivity contribution in [3.05, 3.63) is 0 Å². The first-order chi connectivity index (χ1) is 6.56. The molecule has 0 aliphatic rings. The second kappa shape index (κ2) is 7.76. The summed E-state index contributed by atoms with van der Waals surface area (Å²) in [5.41, 5.74) is 0. The highest BCUT2D eigenvalue weighted by atomic mass is 16.8. The molecule has 0 heterocycles. The van der Waals surface area contributed by atoms with Crippen molar-refractivity contribution in [2.75, 3.05) is 6.61 Å². The molecule has 0 spiro atoms. The van der Waals surface area contributed by atoms with Crippen molar-refractivity contribution < 1.29 is 19.0 Å². The summed E-state index contributed by atoms with van der Waals surface area (Å²) in [4.78, 5) is 10.6. The van der Waals surface area contributed by atoms with E-state index in [9.17, 15) is 4.79 Å². The second-order valence-corrected chi connectivity index (χ2v) is 3.11. The molecular weight excluding hydrogens is 184 g/mol. The molecule has 0 fully saturated rings. The maximum atomic E-state index is 10.6. The average Bonchev–Trinajstić information content (AvgIpc) is 2.02. The van der Waals surface area contributed by atoms with Gasteiger partial charge < -0.3 is 14.2 Å². The van der Waals surface area contributed by atoms with Crippen LogP contribution >= 0.6 is 0 Å². The first-order valence-electron chi connectivity index (χ1n) is 5.00. The third-order valence-electron chi connectivity index (χ3n) is 1.57. The van der Waals surface area contributed by atoms with Crippen LogP contribution in [0.15, 0.2) is 0 Å². The third kappa shape index (κ3) is 8.01. The van der Waals surface area contributed by atoms with Gasteiger partial charge in [0, 0.05) is 13.5 Å². The van der Waals surface area contributed by atoms with Gasteiger partial charge in [-0.2, -0.15) is 0 Å². The van der Waals surface area contributed by atoms with Gasteiger partial charge in [-0.15, -0.1) is 0 Å². The summed E-state index contributed by atoms with van der Waals surface area (Å²) in [6.07, 6.45) is 1.21. The molecule has 14 heavy (non-hydrogen) atoms. The van der Waals surface area contributed by atoms with E-state index in [0.717, 1.165) is 12.8 Å². The lowest BCUT2D eigenvalue weighted by atomic mass is 10.4. The summed E-state index contributed by atoms with van der Waals surface area (Å²) in [5, 5.41) is 0. The number of hydrogen-bond donors (Lipinski definition) is 0. The topological polar surface area (TPSA) is 44.8 Å². The van der Waals surface area contributed by atoms with Crippen molar-refractivity contribution in [3.63, 3.8) is 0 Å². The van der Waals surface area contributed by atoms with Crippen LogP contribution in [0.3, 0.4) is 0 Å². The SMILES string of the molecule is CCCCOC(C)OC(C)OC(C)=O. The number of ether oxygens (including phenoxy) is 3. The van der Waals surface area contributed by atoms with Gasteiger partial charge in [0.05, 0.1) is 0 Å². The molecule has 0 N–H and O–H groups in total. The van der Waals surface area contributed by atoms with Gasteiger partial charge in [0.25, 0.3) is 0 Å². The Labute approximate surface area is 85.5 Å². The van der Waals surface area contributed by atoms with E-state index in [2.05, 4.69) is 6.92 Å². The van der Waals surface area contributed by atoms with E-state index in [1.165, 1.54) is 6.92 Å². The quantitative estimate of drug-likeness (QED) is 0.362. The number of carbonyl (C=O) groups is 1. The Morgan fingerprint density at radius 2 is 1.93 bits per heavy atom. The predicted molar refractivity (Wildman–Crippen MR) is 52.6 cm³/mol. The predicted octanol–water partition coefficient (Wildman–Crippen LogP) is 2.07. The van der Waals surface area contributed by atoms with E-state index in [1.54, 1.807) is 13.8 Å². The molecule has 0 amide bonds. The van der Waals surface area contributed by atoms with Crippen LogP contribution < -0.4 is 0 Å². The van der Waals surface area contributed by atoms with Crippen LogP contribution in [0.25, 0.3) is 0 Å². The number of hydrogen-bond acceptors (Lipinski definition) is 4. The van der Waals surface area contributed by atoms with Gasteiger partial charge >= 0.3 is 5.97 Å². The van der Waals surface area contributed by atoms with Crippen LogP contribution in [0.2, 0.25) is 0 Å². The second-order valence-electron chi connectivity index (χ2n) is 3.11. The summed E-state index contributed by atoms with van der Waals surface area (Å²) in [6.45, 7) is 7.57. The number of esters is 1. The fourth-order valence-corrected chi connectivity index (χ4v) is 0.964. The Hall–Kier alpha value is -0.610. The zero-order chi connectivity index (χ0) is 11.0. The van der Waals surface area contributed by atoms with E-state index >= 15 is 0 Å². The molecular formula is C10H20O4. The van der Waals surface area contributed by atoms with E-state index in [0.29, 0.717) is 6.61 Å². The lowest BCUT2D eigenvalue weighted by Gasteiger charge is -2.18. The van der Waals surface area contributed by atoms with Crippen LogP contribution in [-0.2, 0) is 19.0 Å². The molecule has 4 nitrogen and oxygen atoms in total. The normalized spacial score (nSPS) is 14.9. The van der Waals surface area contributed by atoms with Crippen LogP contribution in [0.5, 0.6) is 0 Å². The molecule has 4 heteroatoms. The van der Waals surface area contributed by atoms with E-state index in [4.69, 9.17) is 14.2 Å². The van der Waals surface area contributed by atoms with Crippen LogP contribution in [0.4, 0.5) is 0 Å². The minimum absolute atomic E-state index is 0.337. The maximum absolute atomic E-state index is 10.6. The van der Waals surface area contributed by atoms with Gasteiger partial charge in [-0.3, -0.25) is 4.79 Å². The van der Waals surface area contributed by atoms with Gasteiger partial charge in [-0.05, 0) is 20.3 Å². The molecule has 84 valence electrons. The highest BCUT2D eigenvalue weighted by Gasteiger charge is 2.10. The first-order valence-corrected chi connectivity index (χ1v) is 5.00. The monoisotopic (exact) mass is 204 g/mol. The average molecular weight is 204 g/mol. The smallest absolute Gasteiger partial charge is 0.304 e. The third-order valence-corrected chi connectivity index (χ3v) is 1.57. The van der Waals surface area contributed by atoms with Gasteiger partial charge in [0.15, 0.2) is 6.29 Å². The van der Waals surface area contributed by atoms with Gasteiger partial charge in [-0.25, -0.2) is 0 Å². The standard InChI is InChI=1S/C10H20O4/c1-5-6-7-12-9(3)14-10(4)13-8(2)11/h9-10H,5-7H2,1-4H3. The Morgan fingerprint density at radius 1 is 1.29 bits per heavy atom. The van der Waals surface area contributed by atoms with Crippen molar-refractivity contribution in [2.24, 2.45) is 0 Å². The number of rotatable bonds is 7. The fourth-order valence-electron chi connectivity index (χ4n) is 0.964. The summed E-state index contributed by atoms with van der Waals surface area (Å²) in [6, 6.07) is 0. The van der Waals surface area contributed by atoms with E-state index in [1.807, 2.05) is 0 Å². The summed E-state index contributed by atoms with van der Waals surface area (Å²) in [7, 11) is 0. The van der Waals surface area contributed by atoms with E-state index in [-0.39, 0.29) is 12.3 Å². The zero-order valence-electron chi connectivity index (χ0n) is 9.41. The Morgan fingerprint density at radius 3 is 2.43 bits per heavy atom. The largest absolute Gasteiger partial charge is 0.436 e. The Balaban J connectivity index is 3.49. The minimum atomic E-state index is -0.552. The molecule has 0 aliphatic carbocycles. The van der Waals surface area contributed by atoms with Crippen molar-refractivity contribution in [1.82, 2.24) is 0 Å². The molecule has 0 aromatic rings. The molecule has 0 bridgehead atoms. The van der Waals surface area contributed by atoms with Crippen molar-refractivity contribution >= 4 is 5.97 Å². The summed E-state index contributed by atoms with van der Waals surface area (Å²) in [5.74, 6) is -0.349. The minimum Gasteiger partial charge on any atom is -0.436 e. The highest BCUT2D eigenvalue weighted by molar-refractivity contribution is 5.65. The van der Waals surface area contributed by atoms with Crippen LogP contribution in [-0.4, -0.2) is 25.2 Å². The Bertz CT molecular complexity index is 158. The lowest BCUT2D eigenvalue weighted by Crippen LogP contribution is -2.24. The Kier molecular flexibility index (Phi) is 7.42. The molecule has 0 rings (SSSR count). The molecule has 0 saturated carbocycles. The molecule has 0 aliphatic heterocycles. The van der Waals surface area contributed by atoms with E-state index < -0.39 is 6.29 Å². The summed E-state index contributed by atoms with van der Waals surface area (Å²) >= 11 is 0. The van der Waals surface area contributed by atoms with Crippen molar-refractivity contribution in [3.8, 4) is 0 Å². The van der Waals surface area contributed by atoms with Crippen molar-refractivity contribution in [2.45, 2.75) is 53.1 Å². The number of unbranched alkanes of at least 4 members (excludes halogenated alkanes) is 1. The number of carbonyl (C=O) groups excluding carboxylic acids is 1. The van der Waals surface area contributed by atoms with Gasteiger partial charge in [0.1, 0.15) is 0 Å². The molecule has 0 radical (unpaired) electrons. The van der Waals surface area contributed by atoms with Crippen LogP contribution in [0.1, 0.15) is 40.5 Å².